The second kappa shape index (κ2) is 6.32. The summed E-state index contributed by atoms with van der Waals surface area (Å²) in [4.78, 5) is 0. The van der Waals surface area contributed by atoms with Gasteiger partial charge in [0.2, 0.25) is 0 Å². The molecule has 1 aromatic carbocycles. The highest BCUT2D eigenvalue weighted by atomic mass is 35.5. The van der Waals surface area contributed by atoms with Crippen molar-refractivity contribution in [3.8, 4) is 11.4 Å². The highest BCUT2D eigenvalue weighted by molar-refractivity contribution is 6.30. The van der Waals surface area contributed by atoms with Crippen LogP contribution in [0.3, 0.4) is 0 Å². The fraction of sp³-hybridized carbons (Fsp3) is 0.333. The quantitative estimate of drug-likeness (QED) is 0.797. The first-order valence-corrected chi connectivity index (χ1v) is 6.51. The van der Waals surface area contributed by atoms with Crippen molar-refractivity contribution in [2.24, 2.45) is 0 Å². The number of benzene rings is 1. The minimum absolute atomic E-state index is 0.0734. The Hall–Kier alpha value is -1.17. The molecule has 0 aliphatic rings. The number of rotatable bonds is 5. The van der Waals surface area contributed by atoms with Crippen LogP contribution in [0.25, 0.3) is 11.4 Å². The molecule has 1 heterocycles. The van der Waals surface area contributed by atoms with Gasteiger partial charge in [0.15, 0.2) is 5.82 Å². The first-order chi connectivity index (χ1) is 9.17. The highest BCUT2D eigenvalue weighted by Gasteiger charge is 2.14. The predicted molar refractivity (Wildman–Crippen MR) is 71.9 cm³/mol. The minimum Gasteiger partial charge on any atom is -0.383 e. The fourth-order valence-electron chi connectivity index (χ4n) is 1.70. The highest BCUT2D eigenvalue weighted by Crippen LogP contribution is 2.24. The summed E-state index contributed by atoms with van der Waals surface area (Å²) in [7, 11) is 1.60. The third-order valence-electron chi connectivity index (χ3n) is 2.64. The Morgan fingerprint density at radius 2 is 2.16 bits per heavy atom. The molecule has 0 radical (unpaired) electrons. The first kappa shape index (κ1) is 14.2. The van der Waals surface area contributed by atoms with Crippen molar-refractivity contribution < 1.29 is 9.13 Å². The predicted octanol–water partition coefficient (Wildman–Crippen LogP) is 3.12. The standard InChI is InChI=1S/C12H12Cl2FN3O/c1-19-5-4-18-11(7-13)16-17-12(18)8-2-3-9(14)10(15)6-8/h2-3,6H,4-5,7H2,1H3. The Morgan fingerprint density at radius 3 is 2.79 bits per heavy atom. The number of ether oxygens (including phenoxy) is 1. The molecular formula is C12H12Cl2FN3O. The molecule has 7 heteroatoms. The fourth-order valence-corrected chi connectivity index (χ4v) is 2.02. The molecule has 0 saturated carbocycles. The van der Waals surface area contributed by atoms with Crippen LogP contribution in [0.2, 0.25) is 5.02 Å². The van der Waals surface area contributed by atoms with Gasteiger partial charge in [-0.25, -0.2) is 4.39 Å². The van der Waals surface area contributed by atoms with Gasteiger partial charge in [-0.15, -0.1) is 21.8 Å². The summed E-state index contributed by atoms with van der Waals surface area (Å²) in [6.07, 6.45) is 0. The maximum Gasteiger partial charge on any atom is 0.164 e. The van der Waals surface area contributed by atoms with Gasteiger partial charge in [0, 0.05) is 19.2 Å². The summed E-state index contributed by atoms with van der Waals surface area (Å²) < 4.78 is 20.3. The second-order valence-corrected chi connectivity index (χ2v) is 4.52. The van der Waals surface area contributed by atoms with E-state index in [9.17, 15) is 4.39 Å². The molecule has 0 spiro atoms. The average molecular weight is 304 g/mol. The lowest BCUT2D eigenvalue weighted by Gasteiger charge is -2.09. The van der Waals surface area contributed by atoms with Crippen molar-refractivity contribution in [1.29, 1.82) is 0 Å². The van der Waals surface area contributed by atoms with Crippen LogP contribution in [-0.4, -0.2) is 28.5 Å². The van der Waals surface area contributed by atoms with Gasteiger partial charge in [-0.3, -0.25) is 0 Å². The van der Waals surface area contributed by atoms with Crippen LogP contribution in [0.15, 0.2) is 18.2 Å². The van der Waals surface area contributed by atoms with Gasteiger partial charge < -0.3 is 9.30 Å². The summed E-state index contributed by atoms with van der Waals surface area (Å²) in [5.41, 5.74) is 0.599. The average Bonchev–Trinajstić information content (AvgIpc) is 2.82. The van der Waals surface area contributed by atoms with Crippen LogP contribution in [-0.2, 0) is 17.2 Å². The molecule has 0 amide bonds. The van der Waals surface area contributed by atoms with E-state index in [0.29, 0.717) is 30.4 Å². The molecule has 2 rings (SSSR count). The monoisotopic (exact) mass is 303 g/mol. The Morgan fingerprint density at radius 1 is 1.37 bits per heavy atom. The van der Waals surface area contributed by atoms with E-state index in [2.05, 4.69) is 10.2 Å². The molecule has 0 aliphatic carbocycles. The first-order valence-electron chi connectivity index (χ1n) is 5.59. The van der Waals surface area contributed by atoms with E-state index in [0.717, 1.165) is 0 Å². The van der Waals surface area contributed by atoms with Gasteiger partial charge in [0.25, 0.3) is 0 Å². The van der Waals surface area contributed by atoms with E-state index in [-0.39, 0.29) is 10.9 Å². The van der Waals surface area contributed by atoms with Crippen LogP contribution in [0.4, 0.5) is 4.39 Å². The third kappa shape index (κ3) is 3.05. The van der Waals surface area contributed by atoms with E-state index in [1.165, 1.54) is 12.1 Å². The number of nitrogens with zero attached hydrogens (tertiary/aromatic N) is 3. The molecule has 19 heavy (non-hydrogen) atoms. The smallest absolute Gasteiger partial charge is 0.164 e. The van der Waals surface area contributed by atoms with Crippen LogP contribution >= 0.6 is 23.2 Å². The number of hydrogen-bond acceptors (Lipinski definition) is 3. The summed E-state index contributed by atoms with van der Waals surface area (Å²) in [6, 6.07) is 4.51. The number of halogens is 3. The summed E-state index contributed by atoms with van der Waals surface area (Å²) in [6.45, 7) is 1.04. The number of alkyl halides is 1. The molecular weight excluding hydrogens is 292 g/mol. The topological polar surface area (TPSA) is 39.9 Å². The SMILES string of the molecule is COCCn1c(CCl)nnc1-c1ccc(Cl)c(F)c1. The Kier molecular flexibility index (Phi) is 4.74. The van der Waals surface area contributed by atoms with Gasteiger partial charge >= 0.3 is 0 Å². The van der Waals surface area contributed by atoms with Gasteiger partial charge in [-0.05, 0) is 18.2 Å². The van der Waals surface area contributed by atoms with Crippen LogP contribution in [0.5, 0.6) is 0 Å². The number of hydrogen-bond donors (Lipinski definition) is 0. The molecule has 0 unspecified atom stereocenters. The summed E-state index contributed by atoms with van der Waals surface area (Å²) >= 11 is 11.5. The molecule has 2 aromatic rings. The van der Waals surface area contributed by atoms with Crippen LogP contribution in [0, 0.1) is 5.82 Å². The molecule has 4 nitrogen and oxygen atoms in total. The second-order valence-electron chi connectivity index (χ2n) is 3.85. The largest absolute Gasteiger partial charge is 0.383 e. The molecule has 102 valence electrons. The molecule has 1 aromatic heterocycles. The lowest BCUT2D eigenvalue weighted by atomic mass is 10.2. The molecule has 0 saturated heterocycles. The maximum atomic E-state index is 13.5. The minimum atomic E-state index is -0.493. The van der Waals surface area contributed by atoms with E-state index < -0.39 is 5.82 Å². The van der Waals surface area contributed by atoms with E-state index in [1.54, 1.807) is 17.7 Å². The van der Waals surface area contributed by atoms with E-state index >= 15 is 0 Å². The van der Waals surface area contributed by atoms with Gasteiger partial charge in [0.05, 0.1) is 17.5 Å². The number of methoxy groups -OCH3 is 1. The van der Waals surface area contributed by atoms with E-state index in [1.807, 2.05) is 0 Å². The lowest BCUT2D eigenvalue weighted by Crippen LogP contribution is -2.09. The molecule has 0 atom stereocenters. The zero-order valence-corrected chi connectivity index (χ0v) is 11.7. The Bertz CT molecular complexity index is 574. The third-order valence-corrected chi connectivity index (χ3v) is 3.19. The zero-order chi connectivity index (χ0) is 13.8. The molecule has 0 N–H and O–H groups in total. The van der Waals surface area contributed by atoms with Gasteiger partial charge in [-0.1, -0.05) is 11.6 Å². The summed E-state index contributed by atoms with van der Waals surface area (Å²) in [5, 5.41) is 8.10. The van der Waals surface area contributed by atoms with Crippen molar-refractivity contribution in [3.63, 3.8) is 0 Å². The van der Waals surface area contributed by atoms with Crippen LogP contribution in [0.1, 0.15) is 5.82 Å². The van der Waals surface area contributed by atoms with Crippen molar-refractivity contribution in [1.82, 2.24) is 14.8 Å². The van der Waals surface area contributed by atoms with Crippen LogP contribution < -0.4 is 0 Å². The van der Waals surface area contributed by atoms with Crippen molar-refractivity contribution in [2.45, 2.75) is 12.4 Å². The van der Waals surface area contributed by atoms with Crippen molar-refractivity contribution >= 4 is 23.2 Å². The lowest BCUT2D eigenvalue weighted by molar-refractivity contribution is 0.187. The Labute approximate surface area is 120 Å². The molecule has 0 fully saturated rings. The van der Waals surface area contributed by atoms with Crippen molar-refractivity contribution in [2.75, 3.05) is 13.7 Å². The van der Waals surface area contributed by atoms with Gasteiger partial charge in [-0.2, -0.15) is 0 Å². The molecule has 0 bridgehead atoms. The zero-order valence-electron chi connectivity index (χ0n) is 10.2. The number of aromatic nitrogens is 3. The normalized spacial score (nSPS) is 10.9. The van der Waals surface area contributed by atoms with Crippen molar-refractivity contribution in [3.05, 3.63) is 34.9 Å². The van der Waals surface area contributed by atoms with E-state index in [4.69, 9.17) is 27.9 Å². The Balaban J connectivity index is 2.42. The van der Waals surface area contributed by atoms with Gasteiger partial charge in [0.1, 0.15) is 11.6 Å². The maximum absolute atomic E-state index is 13.5. The molecule has 0 aliphatic heterocycles. The summed E-state index contributed by atoms with van der Waals surface area (Å²) in [5.74, 6) is 0.896.